The number of aliphatic hydroxyl groups excluding tert-OH is 1. The fourth-order valence-corrected chi connectivity index (χ4v) is 1.80. The summed E-state index contributed by atoms with van der Waals surface area (Å²) in [6.45, 7) is 5.94. The predicted molar refractivity (Wildman–Crippen MR) is 70.0 cm³/mol. The van der Waals surface area contributed by atoms with Gasteiger partial charge in [0.15, 0.2) is 0 Å². The van der Waals surface area contributed by atoms with Crippen molar-refractivity contribution in [1.29, 1.82) is 0 Å². The third kappa shape index (κ3) is 4.31. The first kappa shape index (κ1) is 13.9. The average Bonchev–Trinajstić information content (AvgIpc) is 2.28. The molecule has 0 aliphatic rings. The Hall–Kier alpha value is -1.15. The van der Waals surface area contributed by atoms with Gasteiger partial charge in [0.05, 0.1) is 0 Å². The van der Waals surface area contributed by atoms with Crippen LogP contribution >= 0.6 is 0 Å². The molecule has 0 amide bonds. The number of ketones is 1. The molecule has 2 heteroatoms. The van der Waals surface area contributed by atoms with Crippen LogP contribution in [0.25, 0.3) is 0 Å². The smallest absolute Gasteiger partial charge is 0.138 e. The Morgan fingerprint density at radius 1 is 1.24 bits per heavy atom. The van der Waals surface area contributed by atoms with Gasteiger partial charge in [-0.3, -0.25) is 4.79 Å². The van der Waals surface area contributed by atoms with Crippen molar-refractivity contribution in [2.24, 2.45) is 5.41 Å². The molecule has 1 aromatic carbocycles. The Labute approximate surface area is 104 Å². The molecule has 1 atom stereocenters. The lowest BCUT2D eigenvalue weighted by molar-refractivity contribution is -0.126. The number of carbonyl (C=O) groups excluding carboxylic acids is 1. The number of carbonyl (C=O) groups is 1. The molecule has 0 fully saturated rings. The van der Waals surface area contributed by atoms with Crippen molar-refractivity contribution in [3.8, 4) is 0 Å². The summed E-state index contributed by atoms with van der Waals surface area (Å²) in [5.41, 5.74) is 0.835. The molecule has 0 unspecified atom stereocenters. The third-order valence-electron chi connectivity index (χ3n) is 3.02. The SMILES string of the molecule is CC(C)(C)C(=O)C[C@H](CCO)c1ccccc1. The third-order valence-corrected chi connectivity index (χ3v) is 3.02. The Kier molecular flexibility index (Phi) is 4.88. The number of rotatable bonds is 5. The molecule has 0 saturated heterocycles. The van der Waals surface area contributed by atoms with Crippen LogP contribution in [0.1, 0.15) is 45.1 Å². The first-order chi connectivity index (χ1) is 7.95. The van der Waals surface area contributed by atoms with E-state index in [1.54, 1.807) is 0 Å². The zero-order valence-corrected chi connectivity index (χ0v) is 10.9. The molecule has 0 aliphatic heterocycles. The summed E-state index contributed by atoms with van der Waals surface area (Å²) in [7, 11) is 0. The van der Waals surface area contributed by atoms with E-state index in [9.17, 15) is 4.79 Å². The predicted octanol–water partition coefficient (Wildman–Crippen LogP) is 3.16. The number of Topliss-reactive ketones (excluding diaryl/α,β-unsaturated/α-hetero) is 1. The minimum atomic E-state index is -0.303. The molecule has 0 aliphatic carbocycles. The highest BCUT2D eigenvalue weighted by Crippen LogP contribution is 2.28. The van der Waals surface area contributed by atoms with E-state index in [0.717, 1.165) is 5.56 Å². The van der Waals surface area contributed by atoms with Gasteiger partial charge in [0.2, 0.25) is 0 Å². The quantitative estimate of drug-likeness (QED) is 0.849. The second kappa shape index (κ2) is 5.97. The minimum absolute atomic E-state index is 0.122. The van der Waals surface area contributed by atoms with Gasteiger partial charge in [0, 0.05) is 18.4 Å². The topological polar surface area (TPSA) is 37.3 Å². The van der Waals surface area contributed by atoms with Crippen LogP contribution in [0, 0.1) is 5.41 Å². The lowest BCUT2D eigenvalue weighted by Crippen LogP contribution is -2.22. The van der Waals surface area contributed by atoms with Crippen LogP contribution in [0.5, 0.6) is 0 Å². The van der Waals surface area contributed by atoms with Crippen molar-refractivity contribution in [2.45, 2.75) is 39.5 Å². The van der Waals surface area contributed by atoms with Gasteiger partial charge in [-0.15, -0.1) is 0 Å². The normalized spacial score (nSPS) is 13.4. The summed E-state index contributed by atoms with van der Waals surface area (Å²) in [5, 5.41) is 9.10. The van der Waals surface area contributed by atoms with Crippen LogP contribution in [-0.4, -0.2) is 17.5 Å². The van der Waals surface area contributed by atoms with Crippen molar-refractivity contribution in [2.75, 3.05) is 6.61 Å². The Morgan fingerprint density at radius 3 is 2.29 bits per heavy atom. The summed E-state index contributed by atoms with van der Waals surface area (Å²) >= 11 is 0. The molecule has 0 spiro atoms. The van der Waals surface area contributed by atoms with Crippen molar-refractivity contribution in [3.63, 3.8) is 0 Å². The van der Waals surface area contributed by atoms with E-state index in [0.29, 0.717) is 12.8 Å². The summed E-state index contributed by atoms with van der Waals surface area (Å²) in [6, 6.07) is 9.96. The van der Waals surface area contributed by atoms with E-state index < -0.39 is 0 Å². The molecule has 0 heterocycles. The van der Waals surface area contributed by atoms with Crippen LogP contribution in [0.4, 0.5) is 0 Å². The molecule has 2 nitrogen and oxygen atoms in total. The molecule has 0 bridgehead atoms. The molecular weight excluding hydrogens is 212 g/mol. The maximum Gasteiger partial charge on any atom is 0.138 e. The summed E-state index contributed by atoms with van der Waals surface area (Å²) in [5.74, 6) is 0.382. The van der Waals surface area contributed by atoms with E-state index in [1.165, 1.54) is 0 Å². The van der Waals surface area contributed by atoms with E-state index in [4.69, 9.17) is 5.11 Å². The van der Waals surface area contributed by atoms with Gasteiger partial charge in [-0.1, -0.05) is 51.1 Å². The van der Waals surface area contributed by atoms with Gasteiger partial charge in [0.25, 0.3) is 0 Å². The average molecular weight is 234 g/mol. The maximum absolute atomic E-state index is 12.0. The van der Waals surface area contributed by atoms with Crippen molar-refractivity contribution in [3.05, 3.63) is 35.9 Å². The first-order valence-corrected chi connectivity index (χ1v) is 6.14. The molecule has 1 rings (SSSR count). The zero-order valence-electron chi connectivity index (χ0n) is 10.9. The van der Waals surface area contributed by atoms with E-state index in [-0.39, 0.29) is 23.7 Å². The maximum atomic E-state index is 12.0. The number of benzene rings is 1. The highest BCUT2D eigenvalue weighted by atomic mass is 16.3. The second-order valence-electron chi connectivity index (χ2n) is 5.50. The van der Waals surface area contributed by atoms with E-state index in [1.807, 2.05) is 51.1 Å². The van der Waals surface area contributed by atoms with Gasteiger partial charge in [-0.25, -0.2) is 0 Å². The van der Waals surface area contributed by atoms with E-state index >= 15 is 0 Å². The zero-order chi connectivity index (χ0) is 12.9. The van der Waals surface area contributed by atoms with Crippen molar-refractivity contribution in [1.82, 2.24) is 0 Å². The first-order valence-electron chi connectivity index (χ1n) is 6.14. The number of aliphatic hydroxyl groups is 1. The number of hydrogen-bond acceptors (Lipinski definition) is 2. The van der Waals surface area contributed by atoms with Crippen LogP contribution < -0.4 is 0 Å². The highest BCUT2D eigenvalue weighted by Gasteiger charge is 2.25. The Balaban J connectivity index is 2.78. The largest absolute Gasteiger partial charge is 0.396 e. The Morgan fingerprint density at radius 2 is 1.82 bits per heavy atom. The van der Waals surface area contributed by atoms with Crippen LogP contribution in [-0.2, 0) is 4.79 Å². The fraction of sp³-hybridized carbons (Fsp3) is 0.533. The van der Waals surface area contributed by atoms with Gasteiger partial charge < -0.3 is 5.11 Å². The van der Waals surface area contributed by atoms with Crippen molar-refractivity contribution < 1.29 is 9.90 Å². The molecule has 94 valence electrons. The summed E-state index contributed by atoms with van der Waals surface area (Å²) in [4.78, 5) is 12.0. The lowest BCUT2D eigenvalue weighted by Gasteiger charge is -2.22. The second-order valence-corrected chi connectivity index (χ2v) is 5.50. The summed E-state index contributed by atoms with van der Waals surface area (Å²) < 4.78 is 0. The molecule has 0 saturated carbocycles. The monoisotopic (exact) mass is 234 g/mol. The molecule has 1 N–H and O–H groups in total. The standard InChI is InChI=1S/C15H22O2/c1-15(2,3)14(17)11-13(9-10-16)12-7-5-4-6-8-12/h4-8,13,16H,9-11H2,1-3H3/t13-/m0/s1. The Bertz CT molecular complexity index is 349. The van der Waals surface area contributed by atoms with Gasteiger partial charge in [-0.05, 0) is 17.9 Å². The fourth-order valence-electron chi connectivity index (χ4n) is 1.80. The molecule has 1 aromatic rings. The van der Waals surface area contributed by atoms with Crippen molar-refractivity contribution >= 4 is 5.78 Å². The molecule has 17 heavy (non-hydrogen) atoms. The minimum Gasteiger partial charge on any atom is -0.396 e. The van der Waals surface area contributed by atoms with Crippen LogP contribution in [0.3, 0.4) is 0 Å². The van der Waals surface area contributed by atoms with Gasteiger partial charge >= 0.3 is 0 Å². The van der Waals surface area contributed by atoms with Crippen LogP contribution in [0.15, 0.2) is 30.3 Å². The molecule has 0 aromatic heterocycles. The number of hydrogen-bond donors (Lipinski definition) is 1. The van der Waals surface area contributed by atoms with Gasteiger partial charge in [0.1, 0.15) is 5.78 Å². The lowest BCUT2D eigenvalue weighted by atomic mass is 9.82. The molecule has 0 radical (unpaired) electrons. The highest BCUT2D eigenvalue weighted by molar-refractivity contribution is 5.84. The molecular formula is C15H22O2. The van der Waals surface area contributed by atoms with Crippen LogP contribution in [0.2, 0.25) is 0 Å². The van der Waals surface area contributed by atoms with E-state index in [2.05, 4.69) is 0 Å². The summed E-state index contributed by atoms with van der Waals surface area (Å²) in [6.07, 6.45) is 1.15. The van der Waals surface area contributed by atoms with Gasteiger partial charge in [-0.2, -0.15) is 0 Å².